The molecule has 0 fully saturated rings. The van der Waals surface area contributed by atoms with Crippen LogP contribution in [0.2, 0.25) is 0 Å². The molecular formula is C28H25FN4O4. The van der Waals surface area contributed by atoms with E-state index >= 15 is 0 Å². The molecule has 1 amide bonds. The Bertz CT molecular complexity index is 1520. The Hall–Kier alpha value is -4.63. The molecule has 0 radical (unpaired) electrons. The van der Waals surface area contributed by atoms with E-state index in [4.69, 9.17) is 0 Å². The topological polar surface area (TPSA) is 113 Å². The molecular weight excluding hydrogens is 475 g/mol. The zero-order valence-electron chi connectivity index (χ0n) is 20.2. The van der Waals surface area contributed by atoms with Crippen molar-refractivity contribution in [3.63, 3.8) is 0 Å². The van der Waals surface area contributed by atoms with Crippen LogP contribution in [0.4, 0.5) is 10.1 Å². The predicted molar refractivity (Wildman–Crippen MR) is 138 cm³/mol. The number of phenols is 1. The summed E-state index contributed by atoms with van der Waals surface area (Å²) in [5, 5.41) is 15.5. The number of amides is 1. The van der Waals surface area contributed by atoms with Gasteiger partial charge >= 0.3 is 0 Å². The van der Waals surface area contributed by atoms with Gasteiger partial charge in [0.25, 0.3) is 5.56 Å². The van der Waals surface area contributed by atoms with Gasteiger partial charge in [-0.2, -0.15) is 0 Å². The third-order valence-corrected chi connectivity index (χ3v) is 5.90. The average Bonchev–Trinajstić information content (AvgIpc) is 2.90. The molecule has 1 atom stereocenters. The highest BCUT2D eigenvalue weighted by Crippen LogP contribution is 2.24. The van der Waals surface area contributed by atoms with Gasteiger partial charge < -0.3 is 20.3 Å². The van der Waals surface area contributed by atoms with Gasteiger partial charge in [-0.15, -0.1) is 0 Å². The van der Waals surface area contributed by atoms with Crippen LogP contribution in [-0.4, -0.2) is 39.4 Å². The first-order valence-electron chi connectivity index (χ1n) is 11.5. The average molecular weight is 501 g/mol. The number of nitrogens with zero attached hydrogens (tertiary/aromatic N) is 2. The fraction of sp³-hybridized carbons (Fsp3) is 0.143. The Labute approximate surface area is 212 Å². The number of halogens is 1. The quantitative estimate of drug-likeness (QED) is 0.319. The SMILES string of the molecule is CNC(C)C(=O)Nc1ccc(-c2cccc(O)c2)n(Cc2cncc(C(=O)c3ccc(F)cc3)c2)c1=O. The summed E-state index contributed by atoms with van der Waals surface area (Å²) in [7, 11) is 1.64. The lowest BCUT2D eigenvalue weighted by Gasteiger charge is -2.17. The minimum Gasteiger partial charge on any atom is -0.508 e. The number of pyridine rings is 2. The summed E-state index contributed by atoms with van der Waals surface area (Å²) in [5.41, 5.74) is 1.85. The maximum absolute atomic E-state index is 13.5. The summed E-state index contributed by atoms with van der Waals surface area (Å²) in [6.07, 6.45) is 2.94. The van der Waals surface area contributed by atoms with Crippen LogP contribution in [0.25, 0.3) is 11.3 Å². The predicted octanol–water partition coefficient (Wildman–Crippen LogP) is 3.58. The van der Waals surface area contributed by atoms with E-state index in [9.17, 15) is 23.9 Å². The van der Waals surface area contributed by atoms with Gasteiger partial charge in [0.15, 0.2) is 5.78 Å². The second kappa shape index (κ2) is 11.0. The Morgan fingerprint density at radius 3 is 2.49 bits per heavy atom. The van der Waals surface area contributed by atoms with Crippen LogP contribution in [0.1, 0.15) is 28.4 Å². The molecule has 0 aliphatic carbocycles. The summed E-state index contributed by atoms with van der Waals surface area (Å²) >= 11 is 0. The summed E-state index contributed by atoms with van der Waals surface area (Å²) in [4.78, 5) is 43.0. The number of ketones is 1. The molecule has 3 N–H and O–H groups in total. The Balaban J connectivity index is 1.75. The Morgan fingerprint density at radius 1 is 1.03 bits per heavy atom. The Morgan fingerprint density at radius 2 is 1.78 bits per heavy atom. The summed E-state index contributed by atoms with van der Waals surface area (Å²) in [5.74, 6) is -1.12. The molecule has 1 unspecified atom stereocenters. The number of nitrogens with one attached hydrogen (secondary N) is 2. The molecule has 2 heterocycles. The van der Waals surface area contributed by atoms with Gasteiger partial charge in [0.1, 0.15) is 17.3 Å². The second-order valence-electron chi connectivity index (χ2n) is 8.49. The van der Waals surface area contributed by atoms with Gasteiger partial charge in [-0.3, -0.25) is 19.4 Å². The number of phenolic OH excluding ortho intramolecular Hbond substituents is 1. The summed E-state index contributed by atoms with van der Waals surface area (Å²) in [6, 6.07) is 16.0. The maximum atomic E-state index is 13.5. The number of likely N-dealkylation sites (N-methyl/N-ethyl adjacent to an activating group) is 1. The van der Waals surface area contributed by atoms with E-state index in [1.54, 1.807) is 38.2 Å². The number of anilines is 1. The first kappa shape index (κ1) is 25.5. The number of aromatic nitrogens is 2. The standard InChI is InChI=1S/C28H25FN4O4/c1-17(30-2)27(36)32-24-10-11-25(20-4-3-5-23(34)13-20)33(28(24)37)16-18-12-21(15-31-14-18)26(35)19-6-8-22(29)9-7-19/h3-15,17,30,34H,16H2,1-2H3,(H,32,36). The van der Waals surface area contributed by atoms with E-state index in [1.165, 1.54) is 59.4 Å². The number of carbonyl (C=O) groups excluding carboxylic acids is 2. The van der Waals surface area contributed by atoms with Gasteiger partial charge in [-0.1, -0.05) is 12.1 Å². The largest absolute Gasteiger partial charge is 0.508 e. The molecule has 37 heavy (non-hydrogen) atoms. The lowest BCUT2D eigenvalue weighted by molar-refractivity contribution is -0.117. The van der Waals surface area contributed by atoms with Gasteiger partial charge in [-0.25, -0.2) is 4.39 Å². The highest BCUT2D eigenvalue weighted by atomic mass is 19.1. The molecule has 8 nitrogen and oxygen atoms in total. The van der Waals surface area contributed by atoms with Crippen LogP contribution in [0.15, 0.2) is 83.9 Å². The number of hydrogen-bond acceptors (Lipinski definition) is 6. The van der Waals surface area contributed by atoms with E-state index < -0.39 is 17.4 Å². The minimum atomic E-state index is -0.517. The van der Waals surface area contributed by atoms with Gasteiger partial charge in [0, 0.05) is 29.1 Å². The normalized spacial score (nSPS) is 11.6. The van der Waals surface area contributed by atoms with Crippen molar-refractivity contribution in [2.45, 2.75) is 19.5 Å². The number of hydrogen-bond donors (Lipinski definition) is 3. The van der Waals surface area contributed by atoms with E-state index in [0.717, 1.165) is 0 Å². The number of rotatable bonds is 8. The first-order valence-corrected chi connectivity index (χ1v) is 11.5. The monoisotopic (exact) mass is 500 g/mol. The fourth-order valence-corrected chi connectivity index (χ4v) is 3.77. The fourth-order valence-electron chi connectivity index (χ4n) is 3.77. The van der Waals surface area contributed by atoms with Crippen LogP contribution >= 0.6 is 0 Å². The zero-order valence-corrected chi connectivity index (χ0v) is 20.2. The molecule has 2 aromatic carbocycles. The van der Waals surface area contributed by atoms with Crippen molar-refractivity contribution in [3.05, 3.63) is 112 Å². The van der Waals surface area contributed by atoms with Crippen LogP contribution in [0.3, 0.4) is 0 Å². The van der Waals surface area contributed by atoms with Crippen molar-refractivity contribution in [1.82, 2.24) is 14.9 Å². The molecule has 0 aliphatic heterocycles. The van der Waals surface area contributed by atoms with Crippen LogP contribution < -0.4 is 16.2 Å². The molecule has 0 saturated heterocycles. The summed E-state index contributed by atoms with van der Waals surface area (Å²) < 4.78 is 14.7. The highest BCUT2D eigenvalue weighted by molar-refractivity contribution is 6.08. The van der Waals surface area contributed by atoms with Gasteiger partial charge in [-0.05, 0) is 74.1 Å². The number of carbonyl (C=O) groups is 2. The lowest BCUT2D eigenvalue weighted by Crippen LogP contribution is -2.37. The van der Waals surface area contributed by atoms with Crippen molar-refractivity contribution < 1.29 is 19.1 Å². The maximum Gasteiger partial charge on any atom is 0.275 e. The third-order valence-electron chi connectivity index (χ3n) is 5.90. The molecule has 0 bridgehead atoms. The zero-order chi connectivity index (χ0) is 26.5. The van der Waals surface area contributed by atoms with Gasteiger partial charge in [0.2, 0.25) is 5.91 Å². The minimum absolute atomic E-state index is 0.0327. The van der Waals surface area contributed by atoms with Crippen molar-refractivity contribution >= 4 is 17.4 Å². The number of benzene rings is 2. The molecule has 9 heteroatoms. The van der Waals surface area contributed by atoms with Gasteiger partial charge in [0.05, 0.1) is 18.3 Å². The first-order chi connectivity index (χ1) is 17.8. The smallest absolute Gasteiger partial charge is 0.275 e. The van der Waals surface area contributed by atoms with Crippen molar-refractivity contribution in [1.29, 1.82) is 0 Å². The van der Waals surface area contributed by atoms with Crippen molar-refractivity contribution in [3.8, 4) is 17.0 Å². The molecule has 0 spiro atoms. The molecule has 4 aromatic rings. The Kier molecular flexibility index (Phi) is 7.55. The van der Waals surface area contributed by atoms with Crippen LogP contribution in [-0.2, 0) is 11.3 Å². The molecule has 4 rings (SSSR count). The number of aromatic hydroxyl groups is 1. The molecule has 0 aliphatic rings. The lowest BCUT2D eigenvalue weighted by atomic mass is 10.0. The molecule has 2 aromatic heterocycles. The molecule has 188 valence electrons. The van der Waals surface area contributed by atoms with Crippen molar-refractivity contribution in [2.75, 3.05) is 12.4 Å². The van der Waals surface area contributed by atoms with E-state index in [-0.39, 0.29) is 35.2 Å². The van der Waals surface area contributed by atoms with E-state index in [2.05, 4.69) is 15.6 Å². The summed E-state index contributed by atoms with van der Waals surface area (Å²) in [6.45, 7) is 1.71. The van der Waals surface area contributed by atoms with Crippen LogP contribution in [0, 0.1) is 5.82 Å². The molecule has 0 saturated carbocycles. The van der Waals surface area contributed by atoms with Crippen LogP contribution in [0.5, 0.6) is 5.75 Å². The van der Waals surface area contributed by atoms with E-state index in [0.29, 0.717) is 22.4 Å². The van der Waals surface area contributed by atoms with E-state index in [1.807, 2.05) is 0 Å². The highest BCUT2D eigenvalue weighted by Gasteiger charge is 2.17. The van der Waals surface area contributed by atoms with Crippen molar-refractivity contribution in [2.24, 2.45) is 0 Å². The second-order valence-corrected chi connectivity index (χ2v) is 8.49. The third kappa shape index (κ3) is 5.79.